The zero-order chi connectivity index (χ0) is 15.0. The SMILES string of the molecule is CCC(C)N(C)CCNC(=O)C(N)Cc1ccccc1. The normalized spacial score (nSPS) is 14.1. The number of nitrogens with zero attached hydrogens (tertiary/aromatic N) is 1. The summed E-state index contributed by atoms with van der Waals surface area (Å²) in [5, 5.41) is 2.91. The number of benzene rings is 1. The monoisotopic (exact) mass is 277 g/mol. The quantitative estimate of drug-likeness (QED) is 0.755. The maximum Gasteiger partial charge on any atom is 0.237 e. The highest BCUT2D eigenvalue weighted by Crippen LogP contribution is 2.02. The van der Waals surface area contributed by atoms with Crippen LogP contribution in [0.5, 0.6) is 0 Å². The van der Waals surface area contributed by atoms with Crippen LogP contribution in [0.2, 0.25) is 0 Å². The van der Waals surface area contributed by atoms with Crippen molar-refractivity contribution >= 4 is 5.91 Å². The van der Waals surface area contributed by atoms with Gasteiger partial charge < -0.3 is 16.0 Å². The van der Waals surface area contributed by atoms with Crippen molar-refractivity contribution in [2.45, 2.75) is 38.8 Å². The minimum absolute atomic E-state index is 0.0774. The van der Waals surface area contributed by atoms with Gasteiger partial charge in [-0.05, 0) is 32.4 Å². The van der Waals surface area contributed by atoms with Crippen LogP contribution in [0.4, 0.5) is 0 Å². The average Bonchev–Trinajstić information content (AvgIpc) is 2.47. The van der Waals surface area contributed by atoms with E-state index in [2.05, 4.69) is 31.1 Å². The summed E-state index contributed by atoms with van der Waals surface area (Å²) in [5.41, 5.74) is 7.02. The second-order valence-electron chi connectivity index (χ2n) is 5.33. The number of carbonyl (C=O) groups is 1. The topological polar surface area (TPSA) is 58.4 Å². The number of hydrogen-bond acceptors (Lipinski definition) is 3. The number of likely N-dealkylation sites (N-methyl/N-ethyl adjacent to an activating group) is 1. The van der Waals surface area contributed by atoms with Crippen molar-refractivity contribution in [1.29, 1.82) is 0 Å². The molecule has 112 valence electrons. The first-order chi connectivity index (χ1) is 9.54. The van der Waals surface area contributed by atoms with Gasteiger partial charge in [0, 0.05) is 19.1 Å². The van der Waals surface area contributed by atoms with Gasteiger partial charge in [-0.1, -0.05) is 37.3 Å². The largest absolute Gasteiger partial charge is 0.353 e. The smallest absolute Gasteiger partial charge is 0.237 e. The van der Waals surface area contributed by atoms with E-state index < -0.39 is 6.04 Å². The number of amides is 1. The molecule has 0 aliphatic heterocycles. The van der Waals surface area contributed by atoms with Gasteiger partial charge in [-0.2, -0.15) is 0 Å². The van der Waals surface area contributed by atoms with Crippen molar-refractivity contribution in [3.05, 3.63) is 35.9 Å². The Labute approximate surface area is 122 Å². The summed E-state index contributed by atoms with van der Waals surface area (Å²) in [6, 6.07) is 9.91. The Morgan fingerprint density at radius 2 is 2.00 bits per heavy atom. The molecule has 0 aromatic heterocycles. The molecular weight excluding hydrogens is 250 g/mol. The molecule has 2 unspecified atom stereocenters. The van der Waals surface area contributed by atoms with Gasteiger partial charge in [-0.3, -0.25) is 4.79 Å². The number of rotatable bonds is 8. The first-order valence-corrected chi connectivity index (χ1v) is 7.32. The number of carbonyl (C=O) groups excluding carboxylic acids is 1. The van der Waals surface area contributed by atoms with E-state index in [1.54, 1.807) is 0 Å². The molecular formula is C16H27N3O. The van der Waals surface area contributed by atoms with Crippen LogP contribution in [0.3, 0.4) is 0 Å². The highest BCUT2D eigenvalue weighted by Gasteiger charge is 2.14. The molecule has 0 bridgehead atoms. The van der Waals surface area contributed by atoms with E-state index in [-0.39, 0.29) is 5.91 Å². The van der Waals surface area contributed by atoms with Crippen LogP contribution in [0, 0.1) is 0 Å². The van der Waals surface area contributed by atoms with Gasteiger partial charge in [0.15, 0.2) is 0 Å². The van der Waals surface area contributed by atoms with E-state index in [9.17, 15) is 4.79 Å². The summed E-state index contributed by atoms with van der Waals surface area (Å²) in [6.07, 6.45) is 1.69. The molecule has 2 atom stereocenters. The summed E-state index contributed by atoms with van der Waals surface area (Å²) in [4.78, 5) is 14.2. The van der Waals surface area contributed by atoms with Crippen molar-refractivity contribution < 1.29 is 4.79 Å². The lowest BCUT2D eigenvalue weighted by molar-refractivity contribution is -0.122. The van der Waals surface area contributed by atoms with Gasteiger partial charge in [0.05, 0.1) is 6.04 Å². The summed E-state index contributed by atoms with van der Waals surface area (Å²) >= 11 is 0. The molecule has 0 saturated heterocycles. The maximum absolute atomic E-state index is 11.9. The van der Waals surface area contributed by atoms with Crippen LogP contribution in [0.15, 0.2) is 30.3 Å². The molecule has 1 aromatic carbocycles. The third-order valence-corrected chi connectivity index (χ3v) is 3.74. The Bertz CT molecular complexity index is 394. The van der Waals surface area contributed by atoms with Gasteiger partial charge in [-0.25, -0.2) is 0 Å². The maximum atomic E-state index is 11.9. The molecule has 1 amide bonds. The van der Waals surface area contributed by atoms with Crippen molar-refractivity contribution in [3.63, 3.8) is 0 Å². The lowest BCUT2D eigenvalue weighted by atomic mass is 10.1. The summed E-state index contributed by atoms with van der Waals surface area (Å²) < 4.78 is 0. The van der Waals surface area contributed by atoms with Crippen LogP contribution in [0.25, 0.3) is 0 Å². The Balaban J connectivity index is 2.28. The van der Waals surface area contributed by atoms with Gasteiger partial charge in [0.1, 0.15) is 0 Å². The predicted octanol–water partition coefficient (Wildman–Crippen LogP) is 1.40. The molecule has 0 aliphatic rings. The molecule has 0 radical (unpaired) electrons. The first-order valence-electron chi connectivity index (χ1n) is 7.32. The minimum atomic E-state index is -0.480. The van der Waals surface area contributed by atoms with Crippen molar-refractivity contribution in [2.24, 2.45) is 5.73 Å². The molecule has 0 spiro atoms. The summed E-state index contributed by atoms with van der Waals surface area (Å²) in [6.45, 7) is 5.83. The van der Waals surface area contributed by atoms with Crippen LogP contribution in [0.1, 0.15) is 25.8 Å². The van der Waals surface area contributed by atoms with E-state index >= 15 is 0 Å². The van der Waals surface area contributed by atoms with Crippen LogP contribution in [-0.4, -0.2) is 43.0 Å². The minimum Gasteiger partial charge on any atom is -0.353 e. The van der Waals surface area contributed by atoms with Crippen molar-refractivity contribution in [2.75, 3.05) is 20.1 Å². The number of nitrogens with one attached hydrogen (secondary N) is 1. The molecule has 1 rings (SSSR count). The molecule has 4 nitrogen and oxygen atoms in total. The van der Waals surface area contributed by atoms with Crippen LogP contribution < -0.4 is 11.1 Å². The van der Waals surface area contributed by atoms with Crippen LogP contribution in [-0.2, 0) is 11.2 Å². The fourth-order valence-electron chi connectivity index (χ4n) is 1.98. The fourth-order valence-corrected chi connectivity index (χ4v) is 1.98. The zero-order valence-corrected chi connectivity index (χ0v) is 12.8. The van der Waals surface area contributed by atoms with Crippen LogP contribution >= 0.6 is 0 Å². The fraction of sp³-hybridized carbons (Fsp3) is 0.562. The highest BCUT2D eigenvalue weighted by atomic mass is 16.2. The van der Waals surface area contributed by atoms with E-state index in [0.29, 0.717) is 19.0 Å². The van der Waals surface area contributed by atoms with Gasteiger partial charge in [-0.15, -0.1) is 0 Å². The van der Waals surface area contributed by atoms with Gasteiger partial charge >= 0.3 is 0 Å². The Morgan fingerprint density at radius 1 is 1.35 bits per heavy atom. The standard InChI is InChI=1S/C16H27N3O/c1-4-13(2)19(3)11-10-18-16(20)15(17)12-14-8-6-5-7-9-14/h5-9,13,15H,4,10-12,17H2,1-3H3,(H,18,20). The Hall–Kier alpha value is -1.39. The third kappa shape index (κ3) is 5.72. The molecule has 0 aliphatic carbocycles. The molecule has 4 heteroatoms. The van der Waals surface area contributed by atoms with E-state index in [0.717, 1.165) is 18.5 Å². The van der Waals surface area contributed by atoms with Gasteiger partial charge in [0.25, 0.3) is 0 Å². The van der Waals surface area contributed by atoms with E-state index in [4.69, 9.17) is 5.73 Å². The molecule has 1 aromatic rings. The zero-order valence-electron chi connectivity index (χ0n) is 12.8. The third-order valence-electron chi connectivity index (χ3n) is 3.74. The van der Waals surface area contributed by atoms with E-state index in [1.165, 1.54) is 0 Å². The highest BCUT2D eigenvalue weighted by molar-refractivity contribution is 5.81. The molecule has 0 fully saturated rings. The number of hydrogen-bond donors (Lipinski definition) is 2. The Kier molecular flexibility index (Phi) is 7.26. The van der Waals surface area contributed by atoms with Gasteiger partial charge in [0.2, 0.25) is 5.91 Å². The van der Waals surface area contributed by atoms with Crippen molar-refractivity contribution in [3.8, 4) is 0 Å². The average molecular weight is 277 g/mol. The summed E-state index contributed by atoms with van der Waals surface area (Å²) in [7, 11) is 2.07. The van der Waals surface area contributed by atoms with E-state index in [1.807, 2.05) is 30.3 Å². The molecule has 0 saturated carbocycles. The predicted molar refractivity (Wildman–Crippen MR) is 83.5 cm³/mol. The summed E-state index contributed by atoms with van der Waals surface area (Å²) in [5.74, 6) is -0.0774. The lowest BCUT2D eigenvalue weighted by Gasteiger charge is -2.23. The molecule has 3 N–H and O–H groups in total. The number of nitrogens with two attached hydrogens (primary N) is 1. The molecule has 20 heavy (non-hydrogen) atoms. The second-order valence-corrected chi connectivity index (χ2v) is 5.33. The second kappa shape index (κ2) is 8.72. The Morgan fingerprint density at radius 3 is 2.60 bits per heavy atom. The first kappa shape index (κ1) is 16.7. The molecule has 0 heterocycles. The lowest BCUT2D eigenvalue weighted by Crippen LogP contribution is -2.45. The van der Waals surface area contributed by atoms with Crippen molar-refractivity contribution in [1.82, 2.24) is 10.2 Å².